The van der Waals surface area contributed by atoms with Crippen molar-refractivity contribution in [2.24, 2.45) is 5.73 Å². The van der Waals surface area contributed by atoms with Crippen LogP contribution in [0.25, 0.3) is 0 Å². The first-order valence-electron chi connectivity index (χ1n) is 6.84. The molecule has 6 nitrogen and oxygen atoms in total. The molecule has 0 unspecified atom stereocenters. The van der Waals surface area contributed by atoms with Gasteiger partial charge in [-0.3, -0.25) is 4.79 Å². The molecule has 0 radical (unpaired) electrons. The Bertz CT molecular complexity index is 237. The van der Waals surface area contributed by atoms with Crippen molar-refractivity contribution in [3.8, 4) is 0 Å². The molecular weight excluding hydrogens is 248 g/mol. The van der Waals surface area contributed by atoms with Gasteiger partial charge in [0.1, 0.15) is 12.9 Å². The van der Waals surface area contributed by atoms with Gasteiger partial charge in [-0.25, -0.2) is 0 Å². The average molecular weight is 274 g/mol. The van der Waals surface area contributed by atoms with E-state index in [9.17, 15) is 9.59 Å². The third kappa shape index (κ3) is 11.8. The predicted octanol–water partition coefficient (Wildman–Crippen LogP) is 0.242. The molecule has 0 aromatic carbocycles. The zero-order valence-electron chi connectivity index (χ0n) is 11.7. The lowest BCUT2D eigenvalue weighted by Crippen LogP contribution is -2.41. The van der Waals surface area contributed by atoms with Gasteiger partial charge in [-0.1, -0.05) is 26.2 Å². The molecule has 0 saturated carbocycles. The number of rotatable bonds is 13. The van der Waals surface area contributed by atoms with Crippen LogP contribution in [-0.4, -0.2) is 51.2 Å². The SMILES string of the molecule is CCCCC[C@H](N)C(=O)NCCOCCOCC=O. The fourth-order valence-corrected chi connectivity index (χ4v) is 1.47. The molecule has 0 bridgehead atoms. The van der Waals surface area contributed by atoms with Crippen molar-refractivity contribution in [2.75, 3.05) is 33.0 Å². The van der Waals surface area contributed by atoms with Crippen LogP contribution in [0.3, 0.4) is 0 Å². The zero-order chi connectivity index (χ0) is 14.3. The van der Waals surface area contributed by atoms with Gasteiger partial charge >= 0.3 is 0 Å². The minimum absolute atomic E-state index is 0.0900. The summed E-state index contributed by atoms with van der Waals surface area (Å²) in [5.41, 5.74) is 5.75. The molecule has 0 heterocycles. The molecule has 0 aliphatic rings. The van der Waals surface area contributed by atoms with Gasteiger partial charge in [-0.05, 0) is 6.42 Å². The van der Waals surface area contributed by atoms with Gasteiger partial charge in [0.25, 0.3) is 0 Å². The Morgan fingerprint density at radius 1 is 1.26 bits per heavy atom. The van der Waals surface area contributed by atoms with Crippen LogP contribution in [0.15, 0.2) is 0 Å². The van der Waals surface area contributed by atoms with Crippen molar-refractivity contribution in [1.29, 1.82) is 0 Å². The van der Waals surface area contributed by atoms with E-state index in [2.05, 4.69) is 12.2 Å². The monoisotopic (exact) mass is 274 g/mol. The van der Waals surface area contributed by atoms with E-state index in [1.807, 2.05) is 0 Å². The van der Waals surface area contributed by atoms with Crippen molar-refractivity contribution >= 4 is 12.2 Å². The Morgan fingerprint density at radius 3 is 2.68 bits per heavy atom. The topological polar surface area (TPSA) is 90.7 Å². The molecular formula is C13H26N2O4. The number of hydrogen-bond acceptors (Lipinski definition) is 5. The summed E-state index contributed by atoms with van der Waals surface area (Å²) in [4.78, 5) is 21.5. The van der Waals surface area contributed by atoms with Crippen LogP contribution in [0.2, 0.25) is 0 Å². The lowest BCUT2D eigenvalue weighted by Gasteiger charge is -2.12. The second kappa shape index (κ2) is 13.5. The van der Waals surface area contributed by atoms with Crippen molar-refractivity contribution in [3.05, 3.63) is 0 Å². The number of ether oxygens (including phenoxy) is 2. The minimum Gasteiger partial charge on any atom is -0.377 e. The van der Waals surface area contributed by atoms with Crippen LogP contribution in [0.5, 0.6) is 0 Å². The van der Waals surface area contributed by atoms with Gasteiger partial charge in [0.2, 0.25) is 5.91 Å². The van der Waals surface area contributed by atoms with E-state index in [4.69, 9.17) is 15.2 Å². The Hall–Kier alpha value is -0.980. The van der Waals surface area contributed by atoms with E-state index in [1.165, 1.54) is 0 Å². The second-order valence-electron chi connectivity index (χ2n) is 4.25. The van der Waals surface area contributed by atoms with E-state index in [1.54, 1.807) is 0 Å². The number of carbonyl (C=O) groups excluding carboxylic acids is 2. The maximum Gasteiger partial charge on any atom is 0.236 e. The number of carbonyl (C=O) groups is 2. The molecule has 0 aromatic rings. The first kappa shape index (κ1) is 18.0. The Balaban J connectivity index is 3.34. The third-order valence-electron chi connectivity index (χ3n) is 2.56. The first-order valence-corrected chi connectivity index (χ1v) is 6.84. The quantitative estimate of drug-likeness (QED) is 0.371. The van der Waals surface area contributed by atoms with Crippen LogP contribution in [-0.2, 0) is 19.1 Å². The van der Waals surface area contributed by atoms with Crippen molar-refractivity contribution in [3.63, 3.8) is 0 Å². The summed E-state index contributed by atoms with van der Waals surface area (Å²) in [5, 5.41) is 2.73. The number of aldehydes is 1. The van der Waals surface area contributed by atoms with Crippen LogP contribution in [0, 0.1) is 0 Å². The number of nitrogens with one attached hydrogen (secondary N) is 1. The van der Waals surface area contributed by atoms with E-state index in [0.29, 0.717) is 32.7 Å². The van der Waals surface area contributed by atoms with Gasteiger partial charge in [-0.15, -0.1) is 0 Å². The maximum absolute atomic E-state index is 11.6. The highest BCUT2D eigenvalue weighted by atomic mass is 16.5. The molecule has 112 valence electrons. The Kier molecular flexibility index (Phi) is 12.8. The Morgan fingerprint density at radius 2 is 2.00 bits per heavy atom. The average Bonchev–Trinajstić information content (AvgIpc) is 2.41. The van der Waals surface area contributed by atoms with Gasteiger partial charge in [0.15, 0.2) is 0 Å². The van der Waals surface area contributed by atoms with Gasteiger partial charge in [0.05, 0.1) is 25.9 Å². The third-order valence-corrected chi connectivity index (χ3v) is 2.56. The molecule has 1 amide bonds. The molecule has 0 spiro atoms. The summed E-state index contributed by atoms with van der Waals surface area (Å²) in [7, 11) is 0. The molecule has 0 fully saturated rings. The minimum atomic E-state index is -0.428. The summed E-state index contributed by atoms with van der Waals surface area (Å²) in [6, 6.07) is -0.428. The molecule has 3 N–H and O–H groups in total. The van der Waals surface area contributed by atoms with Crippen LogP contribution >= 0.6 is 0 Å². The van der Waals surface area contributed by atoms with E-state index < -0.39 is 6.04 Å². The fraction of sp³-hybridized carbons (Fsp3) is 0.846. The van der Waals surface area contributed by atoms with Gasteiger partial charge in [-0.2, -0.15) is 0 Å². The van der Waals surface area contributed by atoms with Crippen LogP contribution in [0.4, 0.5) is 0 Å². The normalized spacial score (nSPS) is 12.1. The van der Waals surface area contributed by atoms with E-state index >= 15 is 0 Å². The number of unbranched alkanes of at least 4 members (excludes halogenated alkanes) is 2. The molecule has 0 rings (SSSR count). The molecule has 0 aliphatic carbocycles. The van der Waals surface area contributed by atoms with Gasteiger partial charge in [0, 0.05) is 6.54 Å². The highest BCUT2D eigenvalue weighted by molar-refractivity contribution is 5.81. The Labute approximate surface area is 115 Å². The van der Waals surface area contributed by atoms with Crippen LogP contribution in [0.1, 0.15) is 32.6 Å². The van der Waals surface area contributed by atoms with Crippen molar-refractivity contribution in [1.82, 2.24) is 5.32 Å². The molecule has 1 atom stereocenters. The largest absolute Gasteiger partial charge is 0.377 e. The highest BCUT2D eigenvalue weighted by Crippen LogP contribution is 2.01. The standard InChI is InChI=1S/C13H26N2O4/c1-2-3-4-5-12(14)13(17)15-6-8-18-10-11-19-9-7-16/h7,12H,2-6,8-11,14H2,1H3,(H,15,17)/t12-/m0/s1. The summed E-state index contributed by atoms with van der Waals surface area (Å²) < 4.78 is 10.1. The van der Waals surface area contributed by atoms with E-state index in [-0.39, 0.29) is 12.5 Å². The second-order valence-corrected chi connectivity index (χ2v) is 4.25. The van der Waals surface area contributed by atoms with Crippen LogP contribution < -0.4 is 11.1 Å². The lowest BCUT2D eigenvalue weighted by atomic mass is 10.1. The summed E-state index contributed by atoms with van der Waals surface area (Å²) >= 11 is 0. The summed E-state index contributed by atoms with van der Waals surface area (Å²) in [5.74, 6) is -0.128. The van der Waals surface area contributed by atoms with Crippen molar-refractivity contribution < 1.29 is 19.1 Å². The van der Waals surface area contributed by atoms with E-state index in [0.717, 1.165) is 25.7 Å². The smallest absolute Gasteiger partial charge is 0.236 e. The molecule has 19 heavy (non-hydrogen) atoms. The molecule has 0 aromatic heterocycles. The zero-order valence-corrected chi connectivity index (χ0v) is 11.7. The molecule has 0 aliphatic heterocycles. The highest BCUT2D eigenvalue weighted by Gasteiger charge is 2.11. The first-order chi connectivity index (χ1) is 9.22. The summed E-state index contributed by atoms with van der Waals surface area (Å²) in [6.07, 6.45) is 4.62. The van der Waals surface area contributed by atoms with Crippen molar-refractivity contribution in [2.45, 2.75) is 38.6 Å². The fourth-order valence-electron chi connectivity index (χ4n) is 1.47. The summed E-state index contributed by atoms with van der Waals surface area (Å²) in [6.45, 7) is 3.84. The molecule has 0 saturated heterocycles. The predicted molar refractivity (Wildman–Crippen MR) is 72.8 cm³/mol. The maximum atomic E-state index is 11.6. The van der Waals surface area contributed by atoms with Gasteiger partial charge < -0.3 is 25.3 Å². The molecule has 6 heteroatoms. The number of hydrogen-bond donors (Lipinski definition) is 2. The number of amides is 1. The lowest BCUT2D eigenvalue weighted by molar-refractivity contribution is -0.122. The number of nitrogens with two attached hydrogens (primary N) is 1.